The van der Waals surface area contributed by atoms with Gasteiger partial charge in [-0.1, -0.05) is 47.3 Å². The second-order valence-corrected chi connectivity index (χ2v) is 22.6. The Balaban J connectivity index is 0.00000123. The average molecular weight is 1060 g/mol. The molecule has 4 aromatic carbocycles. The maximum absolute atomic E-state index is 12.6. The van der Waals surface area contributed by atoms with Crippen LogP contribution in [0, 0.1) is 0 Å². The first-order valence-electron chi connectivity index (χ1n) is 23.6. The SMILES string of the molecule is C.C1CCOC1.CCN(CC)S(=O)(=O)c1ccc(Oc2ccc(B3OC(C)(C)C(C)(C)O3)c(C=O)c2)cc1.CCN(CC)S(=O)(=O)c1ccc(Oc2ccc(B3OC(C)(C)C(C)(C)O3)c(CO)c2)cc1.F.[B].[H-].[Na+]. The van der Waals surface area contributed by atoms with E-state index in [1.165, 1.54) is 45.7 Å². The molecule has 0 bridgehead atoms. The van der Waals surface area contributed by atoms with E-state index in [1.54, 1.807) is 68.4 Å². The first-order valence-corrected chi connectivity index (χ1v) is 26.5. The Kier molecular flexibility index (Phi) is 26.3. The van der Waals surface area contributed by atoms with Gasteiger partial charge in [0.05, 0.1) is 38.8 Å². The molecule has 3 saturated heterocycles. The minimum absolute atomic E-state index is 0. The van der Waals surface area contributed by atoms with Crippen molar-refractivity contribution in [2.24, 2.45) is 0 Å². The van der Waals surface area contributed by atoms with Crippen LogP contribution in [0.3, 0.4) is 0 Å². The molecule has 0 unspecified atom stereocenters. The number of carbonyl (C=O) groups is 1. The molecular weight excluding hydrogens is 987 g/mol. The largest absolute Gasteiger partial charge is 1.00 e. The Labute approximate surface area is 461 Å². The standard InChI is InChI=1S/C23H32BNO6S.C23H30BNO6S.C4H8O.CH4.B.FH.Na.H/c2*1-7-25(8-2)32(27,28)20-12-9-18(10-13-20)29-19-11-14-21(17(15-19)16-26)24-30-22(3,4)23(5,6)31-24;1-2-4-5-3-1;;;;;/h9-15,26H,7-8,16H2,1-6H3;9-16H,7-8H2,1-6H3;1-4H2;1H4;;1H;;/q;;;;;;+1;-1. The normalized spacial score (nSPS) is 17.1. The van der Waals surface area contributed by atoms with E-state index in [0.29, 0.717) is 65.8 Å². The molecule has 3 aliphatic rings. The number of aliphatic hydroxyl groups is 1. The summed E-state index contributed by atoms with van der Waals surface area (Å²) in [6.07, 6.45) is 3.30. The fourth-order valence-corrected chi connectivity index (χ4v) is 10.4. The maximum atomic E-state index is 12.6. The van der Waals surface area contributed by atoms with Crippen molar-refractivity contribution in [2.75, 3.05) is 39.4 Å². The van der Waals surface area contributed by atoms with Gasteiger partial charge in [0, 0.05) is 53.4 Å². The van der Waals surface area contributed by atoms with E-state index in [1.807, 2.05) is 75.3 Å². The quantitative estimate of drug-likeness (QED) is 0.114. The van der Waals surface area contributed by atoms with E-state index >= 15 is 0 Å². The van der Waals surface area contributed by atoms with E-state index in [9.17, 15) is 26.7 Å². The first-order chi connectivity index (χ1) is 32.4. The number of halogens is 1. The molecule has 3 aliphatic heterocycles. The second kappa shape index (κ2) is 28.3. The summed E-state index contributed by atoms with van der Waals surface area (Å²) in [5.41, 5.74) is 0.439. The van der Waals surface area contributed by atoms with Crippen LogP contribution in [-0.2, 0) is 50.0 Å². The second-order valence-electron chi connectivity index (χ2n) is 18.7. The first kappa shape index (κ1) is 67.9. The van der Waals surface area contributed by atoms with Crippen LogP contribution in [-0.4, -0.2) is 121 Å². The Bertz CT molecular complexity index is 2550. The fraction of sp³-hybridized carbons (Fsp3) is 0.510. The van der Waals surface area contributed by atoms with Gasteiger partial charge >= 0.3 is 43.8 Å². The molecular formula is C51H76B3FN2NaO13S2. The zero-order chi connectivity index (χ0) is 51.0. The number of benzene rings is 4. The van der Waals surface area contributed by atoms with Crippen molar-refractivity contribution in [3.63, 3.8) is 0 Å². The average Bonchev–Trinajstić information content (AvgIpc) is 4.01. The number of hydrogen-bond acceptors (Lipinski definition) is 13. The maximum Gasteiger partial charge on any atom is 1.00 e. The van der Waals surface area contributed by atoms with Gasteiger partial charge in [-0.3, -0.25) is 9.50 Å². The van der Waals surface area contributed by atoms with Crippen LogP contribution in [0.25, 0.3) is 0 Å². The Morgan fingerprint density at radius 1 is 0.589 bits per heavy atom. The number of carbonyl (C=O) groups excluding carboxylic acids is 1. The van der Waals surface area contributed by atoms with E-state index in [-0.39, 0.29) is 67.9 Å². The zero-order valence-corrected chi connectivity index (χ0v) is 47.9. The molecule has 0 atom stereocenters. The summed E-state index contributed by atoms with van der Waals surface area (Å²) < 4.78 is 94.3. The summed E-state index contributed by atoms with van der Waals surface area (Å²) >= 11 is 0. The summed E-state index contributed by atoms with van der Waals surface area (Å²) in [6.45, 7) is 26.4. The molecule has 3 fully saturated rings. The van der Waals surface area contributed by atoms with Gasteiger partial charge in [0.15, 0.2) is 0 Å². The van der Waals surface area contributed by atoms with Gasteiger partial charge in [0.25, 0.3) is 0 Å². The molecule has 7 rings (SSSR count). The predicted octanol–water partition coefficient (Wildman–Crippen LogP) is 5.24. The van der Waals surface area contributed by atoms with Crippen LogP contribution in [0.1, 0.15) is 121 Å². The third-order valence-electron chi connectivity index (χ3n) is 13.1. The molecule has 0 saturated carbocycles. The van der Waals surface area contributed by atoms with Gasteiger partial charge in [-0.2, -0.15) is 8.61 Å². The van der Waals surface area contributed by atoms with Gasteiger partial charge in [0.1, 0.15) is 29.3 Å². The van der Waals surface area contributed by atoms with Crippen LogP contribution in [0.5, 0.6) is 23.0 Å². The van der Waals surface area contributed by atoms with E-state index < -0.39 is 56.7 Å². The van der Waals surface area contributed by atoms with Crippen LogP contribution in [0.15, 0.2) is 94.7 Å². The zero-order valence-electron chi connectivity index (χ0n) is 45.2. The molecule has 4 aromatic rings. The molecule has 22 heteroatoms. The Morgan fingerprint density at radius 2 is 0.918 bits per heavy atom. The molecule has 0 amide bonds. The number of sulfonamides is 2. The number of ether oxygens (including phenoxy) is 3. The minimum Gasteiger partial charge on any atom is -1.00 e. The molecule has 3 heterocycles. The monoisotopic (exact) mass is 1060 g/mol. The van der Waals surface area contributed by atoms with Gasteiger partial charge in [-0.15, -0.1) is 0 Å². The summed E-state index contributed by atoms with van der Waals surface area (Å²) in [5.74, 6) is 1.93. The van der Waals surface area contributed by atoms with Gasteiger partial charge in [-0.05, 0) is 158 Å². The van der Waals surface area contributed by atoms with Gasteiger partial charge in [-0.25, -0.2) is 16.8 Å². The van der Waals surface area contributed by atoms with Crippen molar-refractivity contribution in [3.05, 3.63) is 96.1 Å². The van der Waals surface area contributed by atoms with E-state index in [4.69, 9.17) is 32.8 Å². The van der Waals surface area contributed by atoms with Gasteiger partial charge < -0.3 is 39.4 Å². The minimum atomic E-state index is -3.53. The topological polar surface area (TPSA) is 177 Å². The van der Waals surface area contributed by atoms with Crippen LogP contribution >= 0.6 is 0 Å². The molecule has 0 aromatic heterocycles. The predicted molar refractivity (Wildman–Crippen MR) is 285 cm³/mol. The van der Waals surface area contributed by atoms with Crippen LogP contribution in [0.2, 0.25) is 0 Å². The Hall–Kier alpha value is -3.15. The van der Waals surface area contributed by atoms with Crippen molar-refractivity contribution in [3.8, 4) is 23.0 Å². The van der Waals surface area contributed by atoms with Crippen molar-refractivity contribution >= 4 is 59.9 Å². The molecule has 15 nitrogen and oxygen atoms in total. The smallest absolute Gasteiger partial charge is 1.00 e. The van der Waals surface area contributed by atoms with E-state index in [2.05, 4.69) is 0 Å². The molecule has 0 aliphatic carbocycles. The fourth-order valence-electron chi connectivity index (χ4n) is 7.45. The number of hydrogen-bond donors (Lipinski definition) is 1. The van der Waals surface area contributed by atoms with Crippen molar-refractivity contribution < 1.29 is 95.3 Å². The third-order valence-corrected chi connectivity index (χ3v) is 17.2. The third kappa shape index (κ3) is 16.2. The Morgan fingerprint density at radius 3 is 1.23 bits per heavy atom. The van der Waals surface area contributed by atoms with Gasteiger partial charge in [0.2, 0.25) is 20.0 Å². The molecule has 397 valence electrons. The molecule has 1 N–H and O–H groups in total. The number of rotatable bonds is 16. The molecule has 0 spiro atoms. The molecule has 73 heavy (non-hydrogen) atoms. The van der Waals surface area contributed by atoms with Crippen LogP contribution < -0.4 is 50.0 Å². The van der Waals surface area contributed by atoms with Crippen molar-refractivity contribution in [1.82, 2.24) is 8.61 Å². The number of aldehydes is 1. The summed E-state index contributed by atoms with van der Waals surface area (Å²) in [6, 6.07) is 23.0. The summed E-state index contributed by atoms with van der Waals surface area (Å²) in [5, 5.41) is 9.92. The number of aliphatic hydroxyl groups excluding tert-OH is 1. The molecule has 3 radical (unpaired) electrons. The summed E-state index contributed by atoms with van der Waals surface area (Å²) in [4.78, 5) is 12.2. The van der Waals surface area contributed by atoms with Crippen molar-refractivity contribution in [1.29, 1.82) is 0 Å². The van der Waals surface area contributed by atoms with Crippen LogP contribution in [0.4, 0.5) is 4.70 Å². The van der Waals surface area contributed by atoms with E-state index in [0.717, 1.165) is 25.0 Å². The van der Waals surface area contributed by atoms with Crippen molar-refractivity contribution in [2.45, 2.75) is 142 Å². The summed E-state index contributed by atoms with van der Waals surface area (Å²) in [7, 11) is -8.29. The number of nitrogens with zero attached hydrogens (tertiary/aromatic N) is 2.